The first-order valence-electron chi connectivity index (χ1n) is 10.8. The van der Waals surface area contributed by atoms with E-state index in [-0.39, 0.29) is 11.5 Å². The van der Waals surface area contributed by atoms with Crippen LogP contribution in [0, 0.1) is 0 Å². The molecule has 162 valence electrons. The molecule has 0 N–H and O–H groups in total. The van der Waals surface area contributed by atoms with E-state index in [1.165, 1.54) is 0 Å². The van der Waals surface area contributed by atoms with Crippen molar-refractivity contribution in [2.75, 3.05) is 32.1 Å². The average Bonchev–Trinajstić information content (AvgIpc) is 2.78. The number of rotatable bonds is 4. The summed E-state index contributed by atoms with van der Waals surface area (Å²) in [4.78, 5) is 29.8. The number of benzene rings is 2. The maximum absolute atomic E-state index is 13.0. The van der Waals surface area contributed by atoms with Gasteiger partial charge in [0, 0.05) is 41.3 Å². The Morgan fingerprint density at radius 1 is 1.10 bits per heavy atom. The Bertz CT molecular complexity index is 1160. The normalized spacial score (nSPS) is 15.4. The topological polar surface area (TPSA) is 45.6 Å². The molecule has 1 fully saturated rings. The second-order valence-corrected chi connectivity index (χ2v) is 8.77. The van der Waals surface area contributed by atoms with E-state index < -0.39 is 0 Å². The van der Waals surface area contributed by atoms with Gasteiger partial charge in [-0.1, -0.05) is 11.6 Å². The molecule has 0 unspecified atom stereocenters. The molecule has 0 saturated carbocycles. The van der Waals surface area contributed by atoms with Gasteiger partial charge in [-0.25, -0.2) is 0 Å². The average molecular weight is 438 g/mol. The van der Waals surface area contributed by atoms with Crippen LogP contribution in [0.15, 0.2) is 53.3 Å². The van der Waals surface area contributed by atoms with Gasteiger partial charge in [0.15, 0.2) is 0 Å². The lowest BCUT2D eigenvalue weighted by Gasteiger charge is -2.30. The first kappa shape index (κ1) is 21.6. The summed E-state index contributed by atoms with van der Waals surface area (Å²) >= 11 is 5.96. The number of amides is 1. The molecule has 4 rings (SSSR count). The summed E-state index contributed by atoms with van der Waals surface area (Å²) in [6, 6.07) is 14.7. The number of hydrogen-bond acceptors (Lipinski definition) is 3. The molecule has 6 heteroatoms. The van der Waals surface area contributed by atoms with Crippen LogP contribution in [0.5, 0.6) is 0 Å². The SMILES string of the molecule is CCn1c(=O)cc(C2CCN(C)CC2)c2cc(N(C)C(=O)c3ccc(Cl)cc3)ccc21. The summed E-state index contributed by atoms with van der Waals surface area (Å²) in [5.74, 6) is 0.256. The van der Waals surface area contributed by atoms with Crippen LogP contribution in [-0.2, 0) is 6.54 Å². The lowest BCUT2D eigenvalue weighted by molar-refractivity contribution is 0.0993. The van der Waals surface area contributed by atoms with Crippen molar-refractivity contribution in [3.63, 3.8) is 0 Å². The number of nitrogens with zero attached hydrogens (tertiary/aromatic N) is 3. The number of piperidine rings is 1. The zero-order valence-electron chi connectivity index (χ0n) is 18.3. The number of aryl methyl sites for hydroxylation is 1. The highest BCUT2D eigenvalue weighted by Crippen LogP contribution is 2.34. The molecule has 0 spiro atoms. The molecule has 0 bridgehead atoms. The van der Waals surface area contributed by atoms with E-state index in [0.29, 0.717) is 23.0 Å². The number of carbonyl (C=O) groups excluding carboxylic acids is 1. The summed E-state index contributed by atoms with van der Waals surface area (Å²) in [6.07, 6.45) is 2.07. The molecule has 5 nitrogen and oxygen atoms in total. The highest BCUT2D eigenvalue weighted by molar-refractivity contribution is 6.30. The Morgan fingerprint density at radius 3 is 2.42 bits per heavy atom. The van der Waals surface area contributed by atoms with Gasteiger partial charge < -0.3 is 14.4 Å². The molecule has 1 saturated heterocycles. The molecule has 0 atom stereocenters. The molecule has 2 heterocycles. The third kappa shape index (κ3) is 4.25. The lowest BCUT2D eigenvalue weighted by atomic mass is 9.87. The number of fused-ring (bicyclic) bond motifs is 1. The Morgan fingerprint density at radius 2 is 1.77 bits per heavy atom. The summed E-state index contributed by atoms with van der Waals surface area (Å²) < 4.78 is 1.80. The number of likely N-dealkylation sites (tertiary alicyclic amines) is 1. The van der Waals surface area contributed by atoms with Crippen LogP contribution in [0.25, 0.3) is 10.9 Å². The predicted octanol–water partition coefficient (Wildman–Crippen LogP) is 4.76. The number of anilines is 1. The van der Waals surface area contributed by atoms with E-state index in [1.807, 2.05) is 25.1 Å². The van der Waals surface area contributed by atoms with Gasteiger partial charge >= 0.3 is 0 Å². The molecule has 0 aliphatic carbocycles. The number of carbonyl (C=O) groups is 1. The van der Waals surface area contributed by atoms with Crippen molar-refractivity contribution in [3.05, 3.63) is 75.0 Å². The zero-order chi connectivity index (χ0) is 22.1. The van der Waals surface area contributed by atoms with Gasteiger partial charge in [-0.2, -0.15) is 0 Å². The Kier molecular flexibility index (Phi) is 6.17. The largest absolute Gasteiger partial charge is 0.311 e. The zero-order valence-corrected chi connectivity index (χ0v) is 19.0. The Hall–Kier alpha value is -2.63. The van der Waals surface area contributed by atoms with E-state index in [0.717, 1.165) is 48.1 Å². The standard InChI is InChI=1S/C25H28ClN3O2/c1-4-29-23-10-9-20(28(3)25(31)18-5-7-19(26)8-6-18)15-22(23)21(16-24(29)30)17-11-13-27(2)14-12-17/h5-10,15-17H,4,11-14H2,1-3H3. The molecule has 1 aliphatic rings. The molecule has 2 aromatic carbocycles. The highest BCUT2D eigenvalue weighted by Gasteiger charge is 2.23. The predicted molar refractivity (Wildman–Crippen MR) is 128 cm³/mol. The van der Waals surface area contributed by atoms with Crippen LogP contribution in [0.1, 0.15) is 41.6 Å². The molecule has 31 heavy (non-hydrogen) atoms. The van der Waals surface area contributed by atoms with Gasteiger partial charge in [-0.15, -0.1) is 0 Å². The summed E-state index contributed by atoms with van der Waals surface area (Å²) in [6.45, 7) is 4.65. The quantitative estimate of drug-likeness (QED) is 0.591. The van der Waals surface area contributed by atoms with Crippen LogP contribution in [0.2, 0.25) is 5.02 Å². The first-order valence-corrected chi connectivity index (χ1v) is 11.2. The van der Waals surface area contributed by atoms with E-state index in [9.17, 15) is 9.59 Å². The fraction of sp³-hybridized carbons (Fsp3) is 0.360. The van der Waals surface area contributed by atoms with Crippen molar-refractivity contribution >= 4 is 34.1 Å². The van der Waals surface area contributed by atoms with Gasteiger partial charge in [-0.3, -0.25) is 9.59 Å². The number of pyridine rings is 1. The third-order valence-corrected chi connectivity index (χ3v) is 6.64. The van der Waals surface area contributed by atoms with E-state index in [4.69, 9.17) is 11.6 Å². The molecule has 0 radical (unpaired) electrons. The van der Waals surface area contributed by atoms with Gasteiger partial charge in [0.05, 0.1) is 5.52 Å². The van der Waals surface area contributed by atoms with Gasteiger partial charge in [-0.05, 0) is 93.8 Å². The third-order valence-electron chi connectivity index (χ3n) is 6.38. The molecule has 1 aromatic heterocycles. The van der Waals surface area contributed by atoms with Crippen LogP contribution >= 0.6 is 11.6 Å². The van der Waals surface area contributed by atoms with Gasteiger partial charge in [0.2, 0.25) is 0 Å². The molecule has 1 amide bonds. The van der Waals surface area contributed by atoms with Crippen LogP contribution in [0.4, 0.5) is 5.69 Å². The minimum absolute atomic E-state index is 0.0438. The van der Waals surface area contributed by atoms with E-state index in [2.05, 4.69) is 18.0 Å². The lowest BCUT2D eigenvalue weighted by Crippen LogP contribution is -2.30. The van der Waals surface area contributed by atoms with Crippen LogP contribution in [-0.4, -0.2) is 42.6 Å². The fourth-order valence-corrected chi connectivity index (χ4v) is 4.62. The van der Waals surface area contributed by atoms with Crippen molar-refractivity contribution in [2.24, 2.45) is 0 Å². The first-order chi connectivity index (χ1) is 14.9. The van der Waals surface area contributed by atoms with E-state index >= 15 is 0 Å². The monoisotopic (exact) mass is 437 g/mol. The Labute approximate surface area is 187 Å². The fourth-order valence-electron chi connectivity index (χ4n) is 4.49. The van der Waals surface area contributed by atoms with E-state index in [1.54, 1.807) is 40.8 Å². The second kappa shape index (κ2) is 8.85. The maximum Gasteiger partial charge on any atom is 0.258 e. The van der Waals surface area contributed by atoms with Gasteiger partial charge in [0.1, 0.15) is 0 Å². The number of aromatic nitrogens is 1. The maximum atomic E-state index is 13.0. The smallest absolute Gasteiger partial charge is 0.258 e. The molecular formula is C25H28ClN3O2. The van der Waals surface area contributed by atoms with Gasteiger partial charge in [0.25, 0.3) is 11.5 Å². The molecule has 1 aliphatic heterocycles. The Balaban J connectivity index is 1.78. The van der Waals surface area contributed by atoms with Crippen molar-refractivity contribution in [2.45, 2.75) is 32.2 Å². The minimum Gasteiger partial charge on any atom is -0.311 e. The second-order valence-electron chi connectivity index (χ2n) is 8.33. The highest BCUT2D eigenvalue weighted by atomic mass is 35.5. The van der Waals surface area contributed by atoms with Crippen molar-refractivity contribution < 1.29 is 4.79 Å². The number of halogens is 1. The summed E-state index contributed by atoms with van der Waals surface area (Å²) in [5.41, 5.74) is 3.47. The van der Waals surface area contributed by atoms with Crippen molar-refractivity contribution in [3.8, 4) is 0 Å². The van der Waals surface area contributed by atoms with Crippen LogP contribution in [0.3, 0.4) is 0 Å². The number of hydrogen-bond donors (Lipinski definition) is 0. The molecular weight excluding hydrogens is 410 g/mol. The minimum atomic E-state index is -0.0966. The van der Waals surface area contributed by atoms with Crippen LogP contribution < -0.4 is 10.5 Å². The summed E-state index contributed by atoms with van der Waals surface area (Å²) in [7, 11) is 3.92. The molecule has 3 aromatic rings. The van der Waals surface area contributed by atoms with Crippen molar-refractivity contribution in [1.29, 1.82) is 0 Å². The van der Waals surface area contributed by atoms with Crippen molar-refractivity contribution in [1.82, 2.24) is 9.47 Å². The summed E-state index contributed by atoms with van der Waals surface area (Å²) in [5, 5.41) is 1.66.